The zero-order chi connectivity index (χ0) is 8.43. The summed E-state index contributed by atoms with van der Waals surface area (Å²) in [7, 11) is 0. The summed E-state index contributed by atoms with van der Waals surface area (Å²) in [4.78, 5) is 10.2. The van der Waals surface area contributed by atoms with Gasteiger partial charge in [0.25, 0.3) is 0 Å². The molecule has 0 heterocycles. The maximum Gasteiger partial charge on any atom is 0.166 e. The monoisotopic (exact) mass is 266 g/mol. The van der Waals surface area contributed by atoms with E-state index in [1.165, 1.54) is 6.07 Å². The summed E-state index contributed by atoms with van der Waals surface area (Å²) < 4.78 is 13.0. The molecule has 11 heavy (non-hydrogen) atoms. The van der Waals surface area contributed by atoms with E-state index in [0.717, 1.165) is 6.07 Å². The molecule has 0 aliphatic heterocycles. The van der Waals surface area contributed by atoms with Crippen molar-refractivity contribution in [1.82, 2.24) is 0 Å². The van der Waals surface area contributed by atoms with Gasteiger partial charge in [0, 0.05) is 5.56 Å². The molecule has 2 nitrogen and oxygen atoms in total. The van der Waals surface area contributed by atoms with Crippen LogP contribution in [0.25, 0.3) is 0 Å². The molecule has 0 amide bonds. The van der Waals surface area contributed by atoms with E-state index in [1.54, 1.807) is 22.6 Å². The average Bonchev–Trinajstić information content (AvgIpc) is 1.99. The molecular weight excluding hydrogens is 262 g/mol. The Hall–Kier alpha value is -0.650. The van der Waals surface area contributed by atoms with Gasteiger partial charge in [-0.05, 0) is 34.7 Å². The quantitative estimate of drug-likeness (QED) is 0.623. The molecule has 0 fully saturated rings. The van der Waals surface area contributed by atoms with E-state index >= 15 is 0 Å². The summed E-state index contributed by atoms with van der Waals surface area (Å²) in [6.07, 6.45) is 0.532. The highest BCUT2D eigenvalue weighted by Gasteiger charge is 2.06. The highest BCUT2D eigenvalue weighted by atomic mass is 127. The van der Waals surface area contributed by atoms with Crippen LogP contribution in [0.3, 0.4) is 0 Å². The third-order valence-electron chi connectivity index (χ3n) is 1.18. The Bertz CT molecular complexity index is 275. The topological polar surface area (TPSA) is 37.3 Å². The lowest BCUT2D eigenvalue weighted by Gasteiger charge is -1.98. The van der Waals surface area contributed by atoms with Crippen LogP contribution in [0.1, 0.15) is 10.4 Å². The molecule has 0 spiro atoms. The number of halogens is 2. The van der Waals surface area contributed by atoms with Crippen LogP contribution < -0.4 is 0 Å². The second kappa shape index (κ2) is 3.17. The number of carbonyl (C=O) groups excluding carboxylic acids is 1. The van der Waals surface area contributed by atoms with Crippen molar-refractivity contribution in [1.29, 1.82) is 0 Å². The molecule has 0 aliphatic carbocycles. The third-order valence-corrected chi connectivity index (χ3v) is 2.00. The number of benzene rings is 1. The molecule has 0 saturated carbocycles. The molecule has 0 unspecified atom stereocenters. The van der Waals surface area contributed by atoms with Gasteiger partial charge in [-0.25, -0.2) is 4.39 Å². The first-order chi connectivity index (χ1) is 5.15. The second-order valence-electron chi connectivity index (χ2n) is 1.95. The van der Waals surface area contributed by atoms with Crippen LogP contribution in [0.4, 0.5) is 4.39 Å². The fraction of sp³-hybridized carbons (Fsp3) is 0. The van der Waals surface area contributed by atoms with Crippen molar-refractivity contribution in [2.24, 2.45) is 0 Å². The van der Waals surface area contributed by atoms with Crippen LogP contribution in [0.5, 0.6) is 5.75 Å². The van der Waals surface area contributed by atoms with Crippen molar-refractivity contribution < 1.29 is 14.3 Å². The number of hydrogen-bond donors (Lipinski definition) is 1. The minimum atomic E-state index is -0.765. The Morgan fingerprint density at radius 1 is 1.55 bits per heavy atom. The van der Waals surface area contributed by atoms with Crippen molar-refractivity contribution in [2.45, 2.75) is 0 Å². The number of phenolic OH excluding ortho intramolecular Hbond substituents is 1. The highest BCUT2D eigenvalue weighted by Crippen LogP contribution is 2.23. The summed E-state index contributed by atoms with van der Waals surface area (Å²) in [5, 5.41) is 8.93. The van der Waals surface area contributed by atoms with Gasteiger partial charge < -0.3 is 5.11 Å². The zero-order valence-electron chi connectivity index (χ0n) is 5.34. The van der Waals surface area contributed by atoms with Crippen molar-refractivity contribution in [3.05, 3.63) is 27.1 Å². The largest absolute Gasteiger partial charge is 0.504 e. The molecule has 0 bridgehead atoms. The highest BCUT2D eigenvalue weighted by molar-refractivity contribution is 14.1. The van der Waals surface area contributed by atoms with Crippen molar-refractivity contribution >= 4 is 28.9 Å². The molecule has 0 atom stereocenters. The number of hydrogen-bond acceptors (Lipinski definition) is 2. The Morgan fingerprint density at radius 2 is 2.18 bits per heavy atom. The molecule has 1 N–H and O–H groups in total. The Labute approximate surface area is 76.2 Å². The van der Waals surface area contributed by atoms with Gasteiger partial charge in [0.05, 0.1) is 3.57 Å². The number of carbonyl (C=O) groups is 1. The summed E-state index contributed by atoms with van der Waals surface area (Å²) in [5.74, 6) is -1.17. The van der Waals surface area contributed by atoms with Crippen LogP contribution >= 0.6 is 22.6 Å². The maximum absolute atomic E-state index is 12.6. The molecule has 0 aliphatic rings. The number of rotatable bonds is 1. The van der Waals surface area contributed by atoms with E-state index in [9.17, 15) is 9.18 Å². The fourth-order valence-corrected chi connectivity index (χ4v) is 1.27. The molecule has 0 saturated heterocycles. The number of aromatic hydroxyl groups is 1. The maximum atomic E-state index is 12.6. The minimum Gasteiger partial charge on any atom is -0.504 e. The van der Waals surface area contributed by atoms with Gasteiger partial charge in [-0.2, -0.15) is 0 Å². The molecular formula is C7H4FIO2. The lowest BCUT2D eigenvalue weighted by atomic mass is 10.2. The molecule has 0 radical (unpaired) electrons. The first-order valence-electron chi connectivity index (χ1n) is 2.78. The number of aldehydes is 1. The smallest absolute Gasteiger partial charge is 0.166 e. The summed E-state index contributed by atoms with van der Waals surface area (Å²) in [6.45, 7) is 0. The molecule has 1 aromatic carbocycles. The lowest BCUT2D eigenvalue weighted by Crippen LogP contribution is -1.86. The van der Waals surface area contributed by atoms with E-state index in [-0.39, 0.29) is 5.56 Å². The van der Waals surface area contributed by atoms with Crippen molar-refractivity contribution in [3.8, 4) is 5.75 Å². The van der Waals surface area contributed by atoms with E-state index in [0.29, 0.717) is 9.86 Å². The van der Waals surface area contributed by atoms with Gasteiger partial charge in [0.15, 0.2) is 11.6 Å². The molecule has 58 valence electrons. The van der Waals surface area contributed by atoms with E-state index in [2.05, 4.69) is 0 Å². The standard InChI is InChI=1S/C7H4FIO2/c8-5-1-4(3-10)2-6(9)7(5)11/h1-3,11H. The molecule has 1 rings (SSSR count). The second-order valence-corrected chi connectivity index (χ2v) is 3.11. The van der Waals surface area contributed by atoms with Gasteiger partial charge >= 0.3 is 0 Å². The SMILES string of the molecule is O=Cc1cc(F)c(O)c(I)c1. The van der Waals surface area contributed by atoms with Crippen molar-refractivity contribution in [3.63, 3.8) is 0 Å². The predicted molar refractivity (Wildman–Crippen MR) is 46.2 cm³/mol. The van der Waals surface area contributed by atoms with Crippen LogP contribution in [0.2, 0.25) is 0 Å². The van der Waals surface area contributed by atoms with Crippen LogP contribution in [0.15, 0.2) is 12.1 Å². The van der Waals surface area contributed by atoms with Gasteiger partial charge in [-0.1, -0.05) is 0 Å². The normalized spacial score (nSPS) is 9.64. The van der Waals surface area contributed by atoms with Gasteiger partial charge in [-0.3, -0.25) is 4.79 Å². The molecule has 4 heteroatoms. The first kappa shape index (κ1) is 8.45. The molecule has 1 aromatic rings. The van der Waals surface area contributed by atoms with Gasteiger partial charge in [0.2, 0.25) is 0 Å². The van der Waals surface area contributed by atoms with E-state index in [1.807, 2.05) is 0 Å². The summed E-state index contributed by atoms with van der Waals surface area (Å²) >= 11 is 1.75. The number of phenols is 1. The fourth-order valence-electron chi connectivity index (χ4n) is 0.653. The predicted octanol–water partition coefficient (Wildman–Crippen LogP) is 1.95. The van der Waals surface area contributed by atoms with E-state index < -0.39 is 11.6 Å². The Kier molecular flexibility index (Phi) is 2.43. The zero-order valence-corrected chi connectivity index (χ0v) is 7.50. The van der Waals surface area contributed by atoms with Crippen molar-refractivity contribution in [2.75, 3.05) is 0 Å². The average molecular weight is 266 g/mol. The summed E-state index contributed by atoms with van der Waals surface area (Å²) in [6, 6.07) is 2.40. The minimum absolute atomic E-state index is 0.227. The summed E-state index contributed by atoms with van der Waals surface area (Å²) in [5.41, 5.74) is 0.227. The Morgan fingerprint density at radius 3 is 2.64 bits per heavy atom. The lowest BCUT2D eigenvalue weighted by molar-refractivity contribution is 0.112. The first-order valence-corrected chi connectivity index (χ1v) is 3.86. The van der Waals surface area contributed by atoms with Crippen LogP contribution in [-0.2, 0) is 0 Å². The molecule has 0 aromatic heterocycles. The van der Waals surface area contributed by atoms with Crippen LogP contribution in [0, 0.1) is 9.39 Å². The Balaban J connectivity index is 3.31. The van der Waals surface area contributed by atoms with Gasteiger partial charge in [0.1, 0.15) is 6.29 Å². The van der Waals surface area contributed by atoms with Gasteiger partial charge in [-0.15, -0.1) is 0 Å². The third kappa shape index (κ3) is 1.68. The van der Waals surface area contributed by atoms with Crippen LogP contribution in [-0.4, -0.2) is 11.4 Å². The van der Waals surface area contributed by atoms with E-state index in [4.69, 9.17) is 5.11 Å².